The molecule has 0 radical (unpaired) electrons. The molecule has 1 heterocycles. The highest BCUT2D eigenvalue weighted by atomic mass is 32.2. The van der Waals surface area contributed by atoms with Crippen molar-refractivity contribution in [3.8, 4) is 16.7 Å². The number of carboxylic acid groups (broad SMARTS) is 1. The number of hydrogen-bond donors (Lipinski definition) is 2. The number of nitrogens with zero attached hydrogens (tertiary/aromatic N) is 2. The molecule has 0 fully saturated rings. The molecule has 35 heavy (non-hydrogen) atoms. The third-order valence-corrected chi connectivity index (χ3v) is 7.56. The van der Waals surface area contributed by atoms with Crippen LogP contribution in [0.5, 0.6) is 16.7 Å². The summed E-state index contributed by atoms with van der Waals surface area (Å²) < 4.78 is 36.7. The van der Waals surface area contributed by atoms with Crippen molar-refractivity contribution in [2.45, 2.75) is 36.8 Å². The van der Waals surface area contributed by atoms with Gasteiger partial charge in [0.2, 0.25) is 14.2 Å². The fourth-order valence-corrected chi connectivity index (χ4v) is 5.28. The van der Waals surface area contributed by atoms with Gasteiger partial charge in [-0.25, -0.2) is 8.42 Å². The SMILES string of the molecule is CCCNC(=O)c1ccc(CS(=O)(=O)c2nnc(Oc3ccc(CC(=O)O)cc3OCC)s2)cc1. The van der Waals surface area contributed by atoms with Crippen molar-refractivity contribution >= 4 is 33.1 Å². The van der Waals surface area contributed by atoms with E-state index in [-0.39, 0.29) is 33.4 Å². The number of aliphatic carboxylic acids is 1. The van der Waals surface area contributed by atoms with E-state index in [0.29, 0.717) is 35.6 Å². The summed E-state index contributed by atoms with van der Waals surface area (Å²) in [6.07, 6.45) is 0.643. The van der Waals surface area contributed by atoms with Crippen molar-refractivity contribution in [3.05, 3.63) is 59.2 Å². The molecule has 3 aromatic rings. The van der Waals surface area contributed by atoms with Crippen LogP contribution in [-0.4, -0.2) is 48.7 Å². The molecule has 0 saturated carbocycles. The van der Waals surface area contributed by atoms with Crippen LogP contribution in [0.3, 0.4) is 0 Å². The van der Waals surface area contributed by atoms with E-state index in [4.69, 9.17) is 14.6 Å². The average molecular weight is 520 g/mol. The topological polar surface area (TPSA) is 145 Å². The molecule has 2 N–H and O–H groups in total. The van der Waals surface area contributed by atoms with Crippen LogP contribution in [0.15, 0.2) is 46.8 Å². The molecule has 1 amide bonds. The van der Waals surface area contributed by atoms with Crippen LogP contribution < -0.4 is 14.8 Å². The Bertz CT molecular complexity index is 1290. The molecule has 0 atom stereocenters. The largest absolute Gasteiger partial charge is 0.490 e. The molecule has 2 aromatic carbocycles. The van der Waals surface area contributed by atoms with Crippen LogP contribution >= 0.6 is 11.3 Å². The van der Waals surface area contributed by atoms with Gasteiger partial charge in [-0.3, -0.25) is 9.59 Å². The van der Waals surface area contributed by atoms with Gasteiger partial charge >= 0.3 is 11.2 Å². The van der Waals surface area contributed by atoms with Gasteiger partial charge in [-0.1, -0.05) is 30.2 Å². The van der Waals surface area contributed by atoms with Gasteiger partial charge < -0.3 is 19.9 Å². The van der Waals surface area contributed by atoms with Gasteiger partial charge in [0.15, 0.2) is 11.5 Å². The Labute approximate surface area is 206 Å². The number of rotatable bonds is 12. The first kappa shape index (κ1) is 26.1. The number of amides is 1. The van der Waals surface area contributed by atoms with E-state index < -0.39 is 15.8 Å². The second-order valence-electron chi connectivity index (χ2n) is 7.43. The molecule has 0 aliphatic rings. The third-order valence-electron chi connectivity index (χ3n) is 4.62. The highest BCUT2D eigenvalue weighted by Crippen LogP contribution is 2.35. The average Bonchev–Trinajstić information content (AvgIpc) is 3.29. The van der Waals surface area contributed by atoms with Crippen LogP contribution in [0.4, 0.5) is 0 Å². The molecule has 1 aromatic heterocycles. The van der Waals surface area contributed by atoms with Gasteiger partial charge in [-0.2, -0.15) is 0 Å². The smallest absolute Gasteiger partial charge is 0.307 e. The van der Waals surface area contributed by atoms with E-state index in [2.05, 4.69) is 15.5 Å². The second-order valence-corrected chi connectivity index (χ2v) is 10.5. The van der Waals surface area contributed by atoms with Crippen LogP contribution in [0.1, 0.15) is 41.8 Å². The highest BCUT2D eigenvalue weighted by molar-refractivity contribution is 7.92. The lowest BCUT2D eigenvalue weighted by atomic mass is 10.1. The minimum atomic E-state index is -3.80. The molecule has 0 saturated heterocycles. The first-order chi connectivity index (χ1) is 16.7. The maximum Gasteiger partial charge on any atom is 0.307 e. The number of aromatic nitrogens is 2. The van der Waals surface area contributed by atoms with E-state index in [9.17, 15) is 18.0 Å². The number of sulfone groups is 1. The minimum Gasteiger partial charge on any atom is -0.490 e. The van der Waals surface area contributed by atoms with Gasteiger partial charge in [0.05, 0.1) is 18.8 Å². The summed E-state index contributed by atoms with van der Waals surface area (Å²) in [6, 6.07) is 11.0. The molecule has 0 aliphatic carbocycles. The van der Waals surface area contributed by atoms with Gasteiger partial charge in [-0.05, 0) is 60.1 Å². The summed E-state index contributed by atoms with van der Waals surface area (Å²) in [5.74, 6) is -0.928. The molecule has 0 bridgehead atoms. The minimum absolute atomic E-state index is 0.00143. The number of hydrogen-bond acceptors (Lipinski definition) is 9. The summed E-state index contributed by atoms with van der Waals surface area (Å²) in [5, 5.41) is 19.3. The Hall–Kier alpha value is -3.51. The molecule has 186 valence electrons. The molecular weight excluding hydrogens is 494 g/mol. The van der Waals surface area contributed by atoms with Crippen LogP contribution in [0.25, 0.3) is 0 Å². The van der Waals surface area contributed by atoms with E-state index in [1.807, 2.05) is 6.92 Å². The van der Waals surface area contributed by atoms with E-state index in [0.717, 1.165) is 17.8 Å². The van der Waals surface area contributed by atoms with Crippen LogP contribution in [-0.2, 0) is 26.8 Å². The molecule has 12 heteroatoms. The first-order valence-electron chi connectivity index (χ1n) is 10.8. The Morgan fingerprint density at radius 1 is 1.03 bits per heavy atom. The molecule has 0 spiro atoms. The van der Waals surface area contributed by atoms with Crippen molar-refractivity contribution < 1.29 is 32.6 Å². The zero-order valence-corrected chi connectivity index (χ0v) is 20.8. The second kappa shape index (κ2) is 11.8. The quantitative estimate of drug-likeness (QED) is 0.367. The van der Waals surface area contributed by atoms with E-state index in [1.54, 1.807) is 43.3 Å². The third kappa shape index (κ3) is 7.23. The standard InChI is InChI=1S/C23H25N3O7S2/c1-3-11-24-21(29)17-8-5-15(6-9-17)14-35(30,31)23-26-25-22(34-23)33-18-10-7-16(13-20(27)28)12-19(18)32-4-2/h5-10,12H,3-4,11,13-14H2,1-2H3,(H,24,29)(H,27,28). The number of carbonyl (C=O) groups excluding carboxylic acids is 1. The number of carboxylic acids is 1. The van der Waals surface area contributed by atoms with Gasteiger partial charge in [0.1, 0.15) is 0 Å². The summed E-state index contributed by atoms with van der Waals surface area (Å²) >= 11 is 0.766. The maximum atomic E-state index is 12.8. The summed E-state index contributed by atoms with van der Waals surface area (Å²) in [4.78, 5) is 23.0. The monoisotopic (exact) mass is 519 g/mol. The number of nitrogens with one attached hydrogen (secondary N) is 1. The van der Waals surface area contributed by atoms with Crippen molar-refractivity contribution in [3.63, 3.8) is 0 Å². The Balaban J connectivity index is 1.72. The summed E-state index contributed by atoms with van der Waals surface area (Å²) in [5.41, 5.74) is 1.48. The summed E-state index contributed by atoms with van der Waals surface area (Å²) in [6.45, 7) is 4.61. The van der Waals surface area contributed by atoms with Crippen molar-refractivity contribution in [1.29, 1.82) is 0 Å². The Morgan fingerprint density at radius 3 is 2.40 bits per heavy atom. The molecule has 10 nitrogen and oxygen atoms in total. The van der Waals surface area contributed by atoms with Gasteiger partial charge in [0, 0.05) is 12.1 Å². The summed E-state index contributed by atoms with van der Waals surface area (Å²) in [7, 11) is -3.80. The number of carbonyl (C=O) groups is 2. The predicted octanol–water partition coefficient (Wildman–Crippen LogP) is 3.47. The van der Waals surface area contributed by atoms with Gasteiger partial charge in [-0.15, -0.1) is 5.10 Å². The first-order valence-corrected chi connectivity index (χ1v) is 13.3. The van der Waals surface area contributed by atoms with Crippen molar-refractivity contribution in [1.82, 2.24) is 15.5 Å². The van der Waals surface area contributed by atoms with E-state index in [1.165, 1.54) is 6.07 Å². The fourth-order valence-electron chi connectivity index (χ4n) is 3.02. The number of benzene rings is 2. The van der Waals surface area contributed by atoms with Crippen molar-refractivity contribution in [2.24, 2.45) is 0 Å². The fraction of sp³-hybridized carbons (Fsp3) is 0.304. The zero-order chi connectivity index (χ0) is 25.4. The lowest BCUT2D eigenvalue weighted by Gasteiger charge is -2.10. The van der Waals surface area contributed by atoms with Gasteiger partial charge in [0.25, 0.3) is 5.91 Å². The molecule has 3 rings (SSSR count). The van der Waals surface area contributed by atoms with Crippen molar-refractivity contribution in [2.75, 3.05) is 13.2 Å². The highest BCUT2D eigenvalue weighted by Gasteiger charge is 2.23. The molecule has 0 unspecified atom stereocenters. The van der Waals surface area contributed by atoms with Crippen LogP contribution in [0.2, 0.25) is 0 Å². The molecular formula is C23H25N3O7S2. The van der Waals surface area contributed by atoms with E-state index >= 15 is 0 Å². The lowest BCUT2D eigenvalue weighted by Crippen LogP contribution is -2.23. The predicted molar refractivity (Wildman–Crippen MR) is 129 cm³/mol. The Morgan fingerprint density at radius 2 is 1.74 bits per heavy atom. The lowest BCUT2D eigenvalue weighted by molar-refractivity contribution is -0.136. The molecule has 0 aliphatic heterocycles. The Kier molecular flexibility index (Phi) is 8.77. The zero-order valence-electron chi connectivity index (χ0n) is 19.2. The van der Waals surface area contributed by atoms with Crippen LogP contribution in [0, 0.1) is 0 Å². The number of ether oxygens (including phenoxy) is 2. The normalized spacial score (nSPS) is 11.1. The maximum absolute atomic E-state index is 12.8.